The molecule has 0 radical (unpaired) electrons. The molecule has 0 heterocycles. The molecule has 8 heteroatoms. The van der Waals surface area contributed by atoms with Gasteiger partial charge < -0.3 is 14.9 Å². The first kappa shape index (κ1) is 23.9. The summed E-state index contributed by atoms with van der Waals surface area (Å²) in [5.74, 6) is -0.814. The predicted molar refractivity (Wildman–Crippen MR) is 113 cm³/mol. The van der Waals surface area contributed by atoms with Crippen LogP contribution in [-0.4, -0.2) is 41.2 Å². The second-order valence-corrected chi connectivity index (χ2v) is 8.66. The topological polar surface area (TPSA) is 93.1 Å². The molecule has 0 saturated carbocycles. The van der Waals surface area contributed by atoms with Gasteiger partial charge in [-0.25, -0.2) is 4.39 Å². The van der Waals surface area contributed by atoms with Crippen LogP contribution in [-0.2, 0) is 13.9 Å². The highest BCUT2D eigenvalue weighted by Gasteiger charge is 2.28. The monoisotopic (exact) mass is 437 g/mol. The first-order chi connectivity index (χ1) is 14.1. The number of benzene rings is 2. The maximum Gasteiger partial charge on any atom is 0.511 e. The van der Waals surface area contributed by atoms with Crippen molar-refractivity contribution in [1.82, 2.24) is 0 Å². The van der Waals surface area contributed by atoms with E-state index in [0.29, 0.717) is 11.3 Å². The van der Waals surface area contributed by atoms with Gasteiger partial charge in [0.15, 0.2) is 0 Å². The van der Waals surface area contributed by atoms with Crippen molar-refractivity contribution in [3.05, 3.63) is 52.8 Å². The van der Waals surface area contributed by atoms with Gasteiger partial charge in [-0.2, -0.15) is 0 Å². The highest BCUT2D eigenvalue weighted by Crippen LogP contribution is 2.36. The Morgan fingerprint density at radius 3 is 2.50 bits per heavy atom. The van der Waals surface area contributed by atoms with E-state index < -0.39 is 32.6 Å². The summed E-state index contributed by atoms with van der Waals surface area (Å²) in [6.45, 7) is 7.37. The van der Waals surface area contributed by atoms with Crippen LogP contribution in [0.25, 0.3) is 11.1 Å². The van der Waals surface area contributed by atoms with E-state index in [-0.39, 0.29) is 18.6 Å². The molecule has 0 bridgehead atoms. The van der Waals surface area contributed by atoms with Crippen molar-refractivity contribution in [3.63, 3.8) is 0 Å². The Bertz CT molecular complexity index is 930. The summed E-state index contributed by atoms with van der Waals surface area (Å²) in [5.41, 5.74) is 4.12. The van der Waals surface area contributed by atoms with Crippen molar-refractivity contribution in [3.8, 4) is 16.9 Å². The van der Waals surface area contributed by atoms with E-state index in [1.807, 2.05) is 26.0 Å². The number of carbonyl (C=O) groups is 1. The van der Waals surface area contributed by atoms with Crippen LogP contribution < -0.4 is 4.74 Å². The fraction of sp³-hybridized carbons (Fsp3) is 0.409. The predicted octanol–water partition coefficient (Wildman–Crippen LogP) is 4.78. The molecule has 0 spiro atoms. The number of ether oxygens (including phenoxy) is 1. The summed E-state index contributed by atoms with van der Waals surface area (Å²) in [7, 11) is -2.23. The standard InChI is InChI=1S/C22H26FO6P/c1-13-7-15(3)22(19(8-13)17-5-6-20(23)14(2)9-17)28-11-16(4)29-30(27)12-18(24)10-21(25)26/h5-9,16,18,24H,10-12H2,1-4H3/p+1. The van der Waals surface area contributed by atoms with E-state index in [1.165, 1.54) is 6.07 Å². The van der Waals surface area contributed by atoms with Crippen LogP contribution >= 0.6 is 8.03 Å². The number of carboxylic acid groups (broad SMARTS) is 1. The van der Waals surface area contributed by atoms with Gasteiger partial charge in [-0.05, 0) is 72.7 Å². The van der Waals surface area contributed by atoms with Crippen LogP contribution in [0.5, 0.6) is 5.75 Å². The normalized spacial score (nSPS) is 13.6. The maximum atomic E-state index is 13.7. The molecule has 0 saturated heterocycles. The summed E-state index contributed by atoms with van der Waals surface area (Å²) in [6.07, 6.45) is -2.52. The Morgan fingerprint density at radius 2 is 1.87 bits per heavy atom. The number of hydrogen-bond donors (Lipinski definition) is 2. The lowest BCUT2D eigenvalue weighted by molar-refractivity contribution is -0.138. The molecule has 30 heavy (non-hydrogen) atoms. The lowest BCUT2D eigenvalue weighted by Crippen LogP contribution is -2.19. The van der Waals surface area contributed by atoms with Gasteiger partial charge in [0.1, 0.15) is 30.4 Å². The molecular weight excluding hydrogens is 410 g/mol. The van der Waals surface area contributed by atoms with Gasteiger partial charge in [-0.15, -0.1) is 4.52 Å². The summed E-state index contributed by atoms with van der Waals surface area (Å²) >= 11 is 0. The van der Waals surface area contributed by atoms with Gasteiger partial charge in [-0.3, -0.25) is 4.79 Å². The second kappa shape index (κ2) is 10.6. The number of aryl methyl sites for hydroxylation is 3. The quantitative estimate of drug-likeness (QED) is 0.520. The summed E-state index contributed by atoms with van der Waals surface area (Å²) < 4.78 is 37.0. The number of carboxylic acids is 1. The van der Waals surface area contributed by atoms with Crippen molar-refractivity contribution in [1.29, 1.82) is 0 Å². The smallest absolute Gasteiger partial charge is 0.490 e. The minimum absolute atomic E-state index is 0.104. The van der Waals surface area contributed by atoms with Gasteiger partial charge >= 0.3 is 14.0 Å². The fourth-order valence-electron chi connectivity index (χ4n) is 3.09. The van der Waals surface area contributed by atoms with Gasteiger partial charge in [0.2, 0.25) is 6.16 Å². The molecule has 6 nitrogen and oxygen atoms in total. The maximum absolute atomic E-state index is 13.7. The average Bonchev–Trinajstić information content (AvgIpc) is 2.61. The zero-order valence-corrected chi connectivity index (χ0v) is 18.4. The van der Waals surface area contributed by atoms with E-state index >= 15 is 0 Å². The lowest BCUT2D eigenvalue weighted by atomic mass is 9.97. The molecule has 3 unspecified atom stereocenters. The van der Waals surface area contributed by atoms with E-state index in [2.05, 4.69) is 0 Å². The van der Waals surface area contributed by atoms with Crippen LogP contribution in [0.1, 0.15) is 30.0 Å². The molecule has 0 aromatic heterocycles. The number of aliphatic hydroxyl groups is 1. The van der Waals surface area contributed by atoms with Crippen LogP contribution in [0.3, 0.4) is 0 Å². The summed E-state index contributed by atoms with van der Waals surface area (Å²) in [4.78, 5) is 10.6. The zero-order chi connectivity index (χ0) is 22.4. The average molecular weight is 437 g/mol. The molecule has 0 aliphatic rings. The van der Waals surface area contributed by atoms with Crippen molar-refractivity contribution in [2.75, 3.05) is 12.8 Å². The summed E-state index contributed by atoms with van der Waals surface area (Å²) in [6, 6.07) is 8.82. The van der Waals surface area contributed by atoms with Gasteiger partial charge in [0.05, 0.1) is 6.42 Å². The van der Waals surface area contributed by atoms with Gasteiger partial charge in [-0.1, -0.05) is 12.1 Å². The highest BCUT2D eigenvalue weighted by molar-refractivity contribution is 7.39. The Balaban J connectivity index is 2.10. The number of halogens is 1. The van der Waals surface area contributed by atoms with Crippen LogP contribution in [0, 0.1) is 26.6 Å². The third-order valence-electron chi connectivity index (χ3n) is 4.42. The van der Waals surface area contributed by atoms with Crippen molar-refractivity contribution >= 4 is 14.0 Å². The second-order valence-electron chi connectivity index (χ2n) is 7.42. The Labute approximate surface area is 176 Å². The van der Waals surface area contributed by atoms with E-state index in [9.17, 15) is 18.9 Å². The van der Waals surface area contributed by atoms with Crippen molar-refractivity contribution < 1.29 is 33.2 Å². The Hall–Kier alpha value is -2.34. The van der Waals surface area contributed by atoms with Crippen LogP contribution in [0.15, 0.2) is 30.3 Å². The summed E-state index contributed by atoms with van der Waals surface area (Å²) in [5, 5.41) is 18.2. The third-order valence-corrected chi connectivity index (χ3v) is 5.73. The Kier molecular flexibility index (Phi) is 8.47. The number of aliphatic carboxylic acids is 1. The van der Waals surface area contributed by atoms with Gasteiger partial charge in [0.25, 0.3) is 0 Å². The largest absolute Gasteiger partial charge is 0.511 e. The van der Waals surface area contributed by atoms with Crippen molar-refractivity contribution in [2.24, 2.45) is 0 Å². The van der Waals surface area contributed by atoms with Crippen LogP contribution in [0.2, 0.25) is 0 Å². The minimum Gasteiger partial charge on any atom is -0.490 e. The SMILES string of the molecule is Cc1cc(C)c(OCC(C)O[P+](=O)CC(O)CC(=O)O)c(-c2ccc(F)c(C)c2)c1. The molecule has 0 fully saturated rings. The molecule has 0 amide bonds. The molecule has 2 aromatic carbocycles. The molecule has 0 aliphatic heterocycles. The van der Waals surface area contributed by atoms with Crippen LogP contribution in [0.4, 0.5) is 4.39 Å². The van der Waals surface area contributed by atoms with Gasteiger partial charge in [0, 0.05) is 5.56 Å². The van der Waals surface area contributed by atoms with E-state index in [0.717, 1.165) is 22.3 Å². The molecule has 2 N–H and O–H groups in total. The third kappa shape index (κ3) is 6.87. The van der Waals surface area contributed by atoms with Crippen molar-refractivity contribution in [2.45, 2.75) is 46.3 Å². The number of aliphatic hydroxyl groups excluding tert-OH is 1. The van der Waals surface area contributed by atoms with E-state index in [4.69, 9.17) is 14.4 Å². The Morgan fingerprint density at radius 1 is 1.17 bits per heavy atom. The molecule has 3 atom stereocenters. The lowest BCUT2D eigenvalue weighted by Gasteiger charge is -2.17. The van der Waals surface area contributed by atoms with E-state index in [1.54, 1.807) is 26.0 Å². The molecule has 162 valence electrons. The highest BCUT2D eigenvalue weighted by atomic mass is 31.1. The first-order valence-electron chi connectivity index (χ1n) is 9.58. The fourth-order valence-corrected chi connectivity index (χ4v) is 4.11. The minimum atomic E-state index is -2.23. The first-order valence-corrected chi connectivity index (χ1v) is 10.9. The number of rotatable bonds is 10. The molecule has 0 aliphatic carbocycles. The molecule has 2 aromatic rings. The number of hydrogen-bond acceptors (Lipinski definition) is 5. The zero-order valence-electron chi connectivity index (χ0n) is 17.5. The molecular formula is C22H27FO6P+. The molecule has 2 rings (SSSR count).